The number of hydrogen-bond acceptors (Lipinski definition) is 4. The Labute approximate surface area is 192 Å². The highest BCUT2D eigenvalue weighted by atomic mass is 32.2. The quantitative estimate of drug-likeness (QED) is 0.669. The lowest BCUT2D eigenvalue weighted by Crippen LogP contribution is -2.59. The van der Waals surface area contributed by atoms with Crippen molar-refractivity contribution < 1.29 is 13.2 Å². The highest BCUT2D eigenvalue weighted by Crippen LogP contribution is 2.25. The molecule has 0 aromatic heterocycles. The van der Waals surface area contributed by atoms with Gasteiger partial charge in [0.25, 0.3) is 0 Å². The van der Waals surface area contributed by atoms with Crippen LogP contribution >= 0.6 is 0 Å². The van der Waals surface area contributed by atoms with E-state index in [1.807, 2.05) is 24.3 Å². The molecule has 1 amide bonds. The normalized spacial score (nSPS) is 17.8. The van der Waals surface area contributed by atoms with E-state index in [0.29, 0.717) is 19.6 Å². The van der Waals surface area contributed by atoms with Crippen molar-refractivity contribution in [2.45, 2.75) is 63.4 Å². The Hall–Kier alpha value is -2.22. The van der Waals surface area contributed by atoms with Crippen molar-refractivity contribution in [3.05, 3.63) is 65.2 Å². The molecule has 0 spiro atoms. The molecule has 6 nitrogen and oxygen atoms in total. The van der Waals surface area contributed by atoms with Gasteiger partial charge in [0.15, 0.2) is 0 Å². The molecule has 2 aromatic rings. The number of sulfonamides is 1. The molecule has 1 aliphatic rings. The third-order valence-electron chi connectivity index (χ3n) is 5.85. The molecule has 0 aliphatic carbocycles. The Morgan fingerprint density at radius 2 is 1.69 bits per heavy atom. The Kier molecular flexibility index (Phi) is 7.75. The number of carbonyl (C=O) groups excluding carboxylic acids is 1. The zero-order valence-corrected chi connectivity index (χ0v) is 20.3. The van der Waals surface area contributed by atoms with Gasteiger partial charge < -0.3 is 10.6 Å². The lowest BCUT2D eigenvalue weighted by Gasteiger charge is -2.34. The Morgan fingerprint density at radius 3 is 2.28 bits per heavy atom. The molecule has 174 valence electrons. The summed E-state index contributed by atoms with van der Waals surface area (Å²) < 4.78 is 28.0. The molecule has 0 saturated carbocycles. The van der Waals surface area contributed by atoms with Crippen molar-refractivity contribution in [2.75, 3.05) is 19.6 Å². The van der Waals surface area contributed by atoms with E-state index in [0.717, 1.165) is 24.0 Å². The molecule has 1 saturated heterocycles. The van der Waals surface area contributed by atoms with Crippen LogP contribution in [0.5, 0.6) is 0 Å². The van der Waals surface area contributed by atoms with Gasteiger partial charge in [-0.3, -0.25) is 4.79 Å². The van der Waals surface area contributed by atoms with Crippen molar-refractivity contribution in [1.29, 1.82) is 0 Å². The van der Waals surface area contributed by atoms with E-state index in [2.05, 4.69) is 50.5 Å². The van der Waals surface area contributed by atoms with Gasteiger partial charge in [0, 0.05) is 26.2 Å². The molecule has 7 heteroatoms. The number of amides is 1. The van der Waals surface area contributed by atoms with Gasteiger partial charge in [-0.15, -0.1) is 0 Å². The van der Waals surface area contributed by atoms with Gasteiger partial charge >= 0.3 is 0 Å². The zero-order chi connectivity index (χ0) is 23.4. The first-order valence-corrected chi connectivity index (χ1v) is 12.8. The molecule has 1 heterocycles. The second-order valence-corrected chi connectivity index (χ2v) is 11.3. The summed E-state index contributed by atoms with van der Waals surface area (Å²) in [4.78, 5) is 13.2. The van der Waals surface area contributed by atoms with Crippen LogP contribution in [0.25, 0.3) is 0 Å². The van der Waals surface area contributed by atoms with Crippen LogP contribution in [-0.2, 0) is 33.2 Å². The van der Waals surface area contributed by atoms with Crippen molar-refractivity contribution in [1.82, 2.24) is 14.9 Å². The van der Waals surface area contributed by atoms with Crippen LogP contribution in [0, 0.1) is 0 Å². The van der Waals surface area contributed by atoms with E-state index in [1.165, 1.54) is 9.87 Å². The van der Waals surface area contributed by atoms with Crippen LogP contribution in [0.4, 0.5) is 0 Å². The number of rotatable bonds is 7. The maximum Gasteiger partial charge on any atom is 0.243 e. The minimum absolute atomic E-state index is 0.0610. The first kappa shape index (κ1) is 24.4. The predicted octanol–water partition coefficient (Wildman–Crippen LogP) is 3.22. The van der Waals surface area contributed by atoms with Gasteiger partial charge in [0.05, 0.1) is 4.90 Å². The minimum atomic E-state index is -3.78. The molecule has 0 bridgehead atoms. The molecule has 0 unspecified atom stereocenters. The maximum atomic E-state index is 13.4. The van der Waals surface area contributed by atoms with Gasteiger partial charge in [0.1, 0.15) is 6.04 Å². The average Bonchev–Trinajstić information content (AvgIpc) is 2.78. The van der Waals surface area contributed by atoms with Crippen LogP contribution in [0.15, 0.2) is 53.4 Å². The fourth-order valence-corrected chi connectivity index (χ4v) is 5.47. The smallest absolute Gasteiger partial charge is 0.243 e. The molecule has 0 radical (unpaired) electrons. The third-order valence-corrected chi connectivity index (χ3v) is 7.77. The van der Waals surface area contributed by atoms with Crippen molar-refractivity contribution in [3.63, 3.8) is 0 Å². The molecule has 1 fully saturated rings. The van der Waals surface area contributed by atoms with Gasteiger partial charge in [-0.1, -0.05) is 70.5 Å². The second kappa shape index (κ2) is 10.1. The topological polar surface area (TPSA) is 78.5 Å². The Balaban J connectivity index is 1.72. The summed E-state index contributed by atoms with van der Waals surface area (Å²) in [5.41, 5.74) is 3.27. The minimum Gasteiger partial charge on any atom is -0.351 e. The second-order valence-electron chi connectivity index (χ2n) is 9.39. The van der Waals surface area contributed by atoms with Crippen molar-refractivity contribution >= 4 is 15.9 Å². The lowest BCUT2D eigenvalue weighted by molar-refractivity contribution is -0.125. The van der Waals surface area contributed by atoms with Crippen LogP contribution in [0.1, 0.15) is 50.8 Å². The number of hydrogen-bond donors (Lipinski definition) is 2. The predicted molar refractivity (Wildman–Crippen MR) is 128 cm³/mol. The van der Waals surface area contributed by atoms with E-state index in [4.69, 9.17) is 0 Å². The molecule has 1 aliphatic heterocycles. The molecule has 2 aromatic carbocycles. The standard InChI is InChI=1S/C25H35N3O3S/c1-5-6-19-7-9-20(10-8-19)17-27-24(29)23-18-26-15-16-28(23)32(30,31)22-13-11-21(12-14-22)25(2,3)4/h7-14,23,26H,5-6,15-18H2,1-4H3,(H,27,29)/t23-/m1/s1. The zero-order valence-electron chi connectivity index (χ0n) is 19.5. The molecular weight excluding hydrogens is 422 g/mol. The summed E-state index contributed by atoms with van der Waals surface area (Å²) in [6.07, 6.45) is 2.12. The average molecular weight is 458 g/mol. The van der Waals surface area contributed by atoms with Crippen LogP contribution < -0.4 is 10.6 Å². The lowest BCUT2D eigenvalue weighted by atomic mass is 9.87. The van der Waals surface area contributed by atoms with E-state index >= 15 is 0 Å². The number of nitrogens with one attached hydrogen (secondary N) is 2. The highest BCUT2D eigenvalue weighted by Gasteiger charge is 2.37. The fourth-order valence-electron chi connectivity index (χ4n) is 3.88. The van der Waals surface area contributed by atoms with Crippen LogP contribution in [0.3, 0.4) is 0 Å². The summed E-state index contributed by atoms with van der Waals surface area (Å²) in [5.74, 6) is -0.287. The van der Waals surface area contributed by atoms with Gasteiger partial charge in [0.2, 0.25) is 15.9 Å². The van der Waals surface area contributed by atoms with Gasteiger partial charge in [-0.25, -0.2) is 8.42 Å². The monoisotopic (exact) mass is 457 g/mol. The molecule has 3 rings (SSSR count). The molecule has 1 atom stereocenters. The van der Waals surface area contributed by atoms with E-state index in [-0.39, 0.29) is 22.8 Å². The van der Waals surface area contributed by atoms with Crippen LogP contribution in [-0.4, -0.2) is 44.3 Å². The van der Waals surface area contributed by atoms with E-state index in [1.54, 1.807) is 12.1 Å². The number of nitrogens with zero attached hydrogens (tertiary/aromatic N) is 1. The van der Waals surface area contributed by atoms with E-state index < -0.39 is 16.1 Å². The SMILES string of the molecule is CCCc1ccc(CNC(=O)[C@H]2CNCCN2S(=O)(=O)c2ccc(C(C)(C)C)cc2)cc1. The molecule has 2 N–H and O–H groups in total. The summed E-state index contributed by atoms with van der Waals surface area (Å²) in [6, 6.07) is 14.4. The first-order chi connectivity index (χ1) is 15.1. The summed E-state index contributed by atoms with van der Waals surface area (Å²) >= 11 is 0. The maximum absolute atomic E-state index is 13.4. The summed E-state index contributed by atoms with van der Waals surface area (Å²) in [7, 11) is -3.78. The van der Waals surface area contributed by atoms with Gasteiger partial charge in [-0.2, -0.15) is 4.31 Å². The van der Waals surface area contributed by atoms with Crippen molar-refractivity contribution in [2.24, 2.45) is 0 Å². The fraction of sp³-hybridized carbons (Fsp3) is 0.480. The number of piperazine rings is 1. The Morgan fingerprint density at radius 1 is 1.06 bits per heavy atom. The van der Waals surface area contributed by atoms with E-state index in [9.17, 15) is 13.2 Å². The largest absolute Gasteiger partial charge is 0.351 e. The number of benzene rings is 2. The Bertz CT molecular complexity index is 1010. The highest BCUT2D eigenvalue weighted by molar-refractivity contribution is 7.89. The summed E-state index contributed by atoms with van der Waals surface area (Å²) in [5, 5.41) is 6.07. The van der Waals surface area contributed by atoms with Gasteiger partial charge in [-0.05, 0) is 40.7 Å². The molecular formula is C25H35N3O3S. The van der Waals surface area contributed by atoms with Crippen molar-refractivity contribution in [3.8, 4) is 0 Å². The first-order valence-electron chi connectivity index (χ1n) is 11.3. The molecule has 32 heavy (non-hydrogen) atoms. The third kappa shape index (κ3) is 5.77. The number of carbonyl (C=O) groups is 1. The number of aryl methyl sites for hydroxylation is 1. The van der Waals surface area contributed by atoms with Crippen LogP contribution in [0.2, 0.25) is 0 Å². The summed E-state index contributed by atoms with van der Waals surface area (Å²) in [6.45, 7) is 9.84.